The van der Waals surface area contributed by atoms with Crippen LogP contribution in [0, 0.1) is 11.3 Å². The van der Waals surface area contributed by atoms with Crippen LogP contribution in [0.2, 0.25) is 0 Å². The number of hydrogen-bond donors (Lipinski definition) is 0. The number of rotatable bonds is 4. The lowest BCUT2D eigenvalue weighted by atomic mass is 9.98. The highest BCUT2D eigenvalue weighted by Crippen LogP contribution is 2.38. The van der Waals surface area contributed by atoms with Gasteiger partial charge in [0.15, 0.2) is 0 Å². The Kier molecular flexibility index (Phi) is 5.18. The SMILES string of the molecule is CCOC(=O)Cc1c(C#N)cnc(C(F)F)c1C(F)(F)F. The molecule has 0 N–H and O–H groups in total. The Morgan fingerprint density at radius 1 is 1.48 bits per heavy atom. The molecule has 0 unspecified atom stereocenters. The second-order valence-electron chi connectivity index (χ2n) is 3.80. The van der Waals surface area contributed by atoms with E-state index in [-0.39, 0.29) is 6.61 Å². The second-order valence-corrected chi connectivity index (χ2v) is 3.80. The molecule has 0 amide bonds. The van der Waals surface area contributed by atoms with Gasteiger partial charge in [0.05, 0.1) is 24.2 Å². The maximum absolute atomic E-state index is 13.0. The van der Waals surface area contributed by atoms with Gasteiger partial charge in [-0.15, -0.1) is 0 Å². The third-order valence-corrected chi connectivity index (χ3v) is 2.45. The number of carbonyl (C=O) groups excluding carboxylic acids is 1. The molecule has 0 saturated heterocycles. The molecule has 0 spiro atoms. The van der Waals surface area contributed by atoms with Crippen LogP contribution in [0.25, 0.3) is 0 Å². The first-order chi connectivity index (χ1) is 9.72. The summed E-state index contributed by atoms with van der Waals surface area (Å²) in [5.41, 5.74) is -4.72. The normalized spacial score (nSPS) is 11.3. The van der Waals surface area contributed by atoms with Crippen molar-refractivity contribution in [3.8, 4) is 6.07 Å². The Hall–Kier alpha value is -2.24. The standard InChI is InChI=1S/C12H9F5N2O2/c1-2-21-8(20)3-7-6(4-18)5-19-10(11(13)14)9(7)12(15,16)17/h5,11H,2-3H2,1H3. The smallest absolute Gasteiger partial charge is 0.418 e. The first-order valence-electron chi connectivity index (χ1n) is 5.65. The zero-order chi connectivity index (χ0) is 16.2. The molecule has 0 bridgehead atoms. The lowest BCUT2D eigenvalue weighted by Gasteiger charge is -2.17. The lowest BCUT2D eigenvalue weighted by molar-refractivity contribution is -0.144. The largest absolute Gasteiger partial charge is 0.466 e. The minimum Gasteiger partial charge on any atom is -0.466 e. The van der Waals surface area contributed by atoms with Crippen molar-refractivity contribution in [2.24, 2.45) is 0 Å². The number of nitriles is 1. The van der Waals surface area contributed by atoms with Gasteiger partial charge >= 0.3 is 12.1 Å². The second kappa shape index (κ2) is 6.47. The van der Waals surface area contributed by atoms with E-state index in [1.807, 2.05) is 0 Å². The van der Waals surface area contributed by atoms with Crippen molar-refractivity contribution >= 4 is 5.97 Å². The van der Waals surface area contributed by atoms with Crippen molar-refractivity contribution in [1.29, 1.82) is 5.26 Å². The minimum atomic E-state index is -5.17. The van der Waals surface area contributed by atoms with Crippen LogP contribution in [-0.2, 0) is 22.1 Å². The topological polar surface area (TPSA) is 63.0 Å². The zero-order valence-corrected chi connectivity index (χ0v) is 10.7. The van der Waals surface area contributed by atoms with Crippen LogP contribution < -0.4 is 0 Å². The lowest BCUT2D eigenvalue weighted by Crippen LogP contribution is -2.19. The number of aromatic nitrogens is 1. The fraction of sp³-hybridized carbons (Fsp3) is 0.417. The summed E-state index contributed by atoms with van der Waals surface area (Å²) in [5.74, 6) is -1.05. The predicted molar refractivity (Wildman–Crippen MR) is 59.2 cm³/mol. The monoisotopic (exact) mass is 308 g/mol. The number of pyridine rings is 1. The molecule has 21 heavy (non-hydrogen) atoms. The summed E-state index contributed by atoms with van der Waals surface area (Å²) in [5, 5.41) is 8.78. The van der Waals surface area contributed by atoms with Gasteiger partial charge in [-0.1, -0.05) is 0 Å². The summed E-state index contributed by atoms with van der Waals surface area (Å²) >= 11 is 0. The Balaban J connectivity index is 3.52. The van der Waals surface area contributed by atoms with Crippen LogP contribution in [0.1, 0.15) is 35.7 Å². The Morgan fingerprint density at radius 3 is 2.52 bits per heavy atom. The molecule has 1 aromatic heterocycles. The third kappa shape index (κ3) is 3.87. The molecule has 0 aliphatic rings. The molecular formula is C12H9F5N2O2. The van der Waals surface area contributed by atoms with Crippen molar-refractivity contribution < 1.29 is 31.5 Å². The van der Waals surface area contributed by atoms with Gasteiger partial charge in [-0.3, -0.25) is 9.78 Å². The number of ether oxygens (including phenoxy) is 1. The summed E-state index contributed by atoms with van der Waals surface area (Å²) in [7, 11) is 0. The number of hydrogen-bond acceptors (Lipinski definition) is 4. The molecule has 0 saturated carbocycles. The van der Waals surface area contributed by atoms with Gasteiger partial charge in [-0.05, 0) is 12.5 Å². The average molecular weight is 308 g/mol. The van der Waals surface area contributed by atoms with E-state index in [0.29, 0.717) is 6.20 Å². The number of carbonyl (C=O) groups is 1. The van der Waals surface area contributed by atoms with Crippen molar-refractivity contribution in [3.63, 3.8) is 0 Å². The zero-order valence-electron chi connectivity index (χ0n) is 10.7. The van der Waals surface area contributed by atoms with E-state index < -0.39 is 47.4 Å². The maximum atomic E-state index is 13.0. The summed E-state index contributed by atoms with van der Waals surface area (Å²) in [6.07, 6.45) is -9.01. The molecule has 0 aliphatic carbocycles. The Labute approximate surface area is 116 Å². The van der Waals surface area contributed by atoms with Gasteiger partial charge in [-0.2, -0.15) is 18.4 Å². The van der Waals surface area contributed by atoms with E-state index in [1.165, 1.54) is 13.0 Å². The van der Waals surface area contributed by atoms with E-state index in [9.17, 15) is 26.7 Å². The van der Waals surface area contributed by atoms with Crippen LogP contribution in [0.3, 0.4) is 0 Å². The van der Waals surface area contributed by atoms with Crippen molar-refractivity contribution in [2.75, 3.05) is 6.61 Å². The van der Waals surface area contributed by atoms with Gasteiger partial charge in [0, 0.05) is 6.20 Å². The fourth-order valence-electron chi connectivity index (χ4n) is 1.68. The van der Waals surface area contributed by atoms with Crippen molar-refractivity contribution in [1.82, 2.24) is 4.98 Å². The van der Waals surface area contributed by atoms with E-state index in [0.717, 1.165) is 0 Å². The van der Waals surface area contributed by atoms with Crippen LogP contribution in [-0.4, -0.2) is 17.6 Å². The molecule has 114 valence electrons. The molecule has 0 atom stereocenters. The minimum absolute atomic E-state index is 0.0884. The highest BCUT2D eigenvalue weighted by atomic mass is 19.4. The van der Waals surface area contributed by atoms with E-state index in [1.54, 1.807) is 0 Å². The highest BCUT2D eigenvalue weighted by Gasteiger charge is 2.41. The van der Waals surface area contributed by atoms with Crippen LogP contribution >= 0.6 is 0 Å². The molecule has 0 aromatic carbocycles. The molecule has 1 heterocycles. The maximum Gasteiger partial charge on any atom is 0.418 e. The van der Waals surface area contributed by atoms with E-state index >= 15 is 0 Å². The van der Waals surface area contributed by atoms with Crippen molar-refractivity contribution in [2.45, 2.75) is 25.9 Å². The highest BCUT2D eigenvalue weighted by molar-refractivity contribution is 5.74. The number of alkyl halides is 5. The molecule has 1 rings (SSSR count). The predicted octanol–water partition coefficient (Wildman–Crippen LogP) is 3.02. The molecular weight excluding hydrogens is 299 g/mol. The van der Waals surface area contributed by atoms with Gasteiger partial charge in [0.25, 0.3) is 6.43 Å². The van der Waals surface area contributed by atoms with Crippen LogP contribution in [0.5, 0.6) is 0 Å². The molecule has 0 radical (unpaired) electrons. The van der Waals surface area contributed by atoms with Gasteiger partial charge in [0.2, 0.25) is 0 Å². The van der Waals surface area contributed by atoms with Crippen LogP contribution in [0.15, 0.2) is 6.20 Å². The summed E-state index contributed by atoms with van der Waals surface area (Å²) in [6.45, 7) is 1.35. The van der Waals surface area contributed by atoms with Crippen LogP contribution in [0.4, 0.5) is 22.0 Å². The summed E-state index contributed by atoms with van der Waals surface area (Å²) < 4.78 is 68.8. The molecule has 1 aromatic rings. The quantitative estimate of drug-likeness (QED) is 0.633. The van der Waals surface area contributed by atoms with Crippen molar-refractivity contribution in [3.05, 3.63) is 28.6 Å². The van der Waals surface area contributed by atoms with E-state index in [2.05, 4.69) is 9.72 Å². The fourth-order valence-corrected chi connectivity index (χ4v) is 1.68. The molecule has 0 fully saturated rings. The number of esters is 1. The number of nitrogens with zero attached hydrogens (tertiary/aromatic N) is 2. The summed E-state index contributed by atoms with van der Waals surface area (Å²) in [6, 6.07) is 1.41. The molecule has 9 heteroatoms. The first-order valence-corrected chi connectivity index (χ1v) is 5.65. The number of halogens is 5. The van der Waals surface area contributed by atoms with Gasteiger partial charge < -0.3 is 4.74 Å². The van der Waals surface area contributed by atoms with E-state index in [4.69, 9.17) is 5.26 Å². The Morgan fingerprint density at radius 2 is 2.10 bits per heavy atom. The summed E-state index contributed by atoms with van der Waals surface area (Å²) in [4.78, 5) is 14.3. The molecule has 0 aliphatic heterocycles. The Bertz CT molecular complexity index is 578. The molecule has 4 nitrogen and oxygen atoms in total. The third-order valence-electron chi connectivity index (χ3n) is 2.45. The first kappa shape index (κ1) is 16.8. The van der Waals surface area contributed by atoms with Gasteiger partial charge in [-0.25, -0.2) is 8.78 Å². The average Bonchev–Trinajstić information content (AvgIpc) is 2.36. The van der Waals surface area contributed by atoms with Gasteiger partial charge in [0.1, 0.15) is 11.8 Å².